The van der Waals surface area contributed by atoms with Crippen LogP contribution < -0.4 is 10.6 Å². The predicted octanol–water partition coefficient (Wildman–Crippen LogP) is 3.70. The van der Waals surface area contributed by atoms with E-state index in [9.17, 15) is 4.39 Å². The van der Waals surface area contributed by atoms with Crippen LogP contribution in [-0.4, -0.2) is 7.05 Å². The third kappa shape index (κ3) is 2.74. The zero-order valence-electron chi connectivity index (χ0n) is 10.0. The molecule has 0 aromatic heterocycles. The predicted molar refractivity (Wildman–Crippen MR) is 74.4 cm³/mol. The highest BCUT2D eigenvalue weighted by molar-refractivity contribution is 6.31. The van der Waals surface area contributed by atoms with E-state index in [1.165, 1.54) is 12.1 Å². The van der Waals surface area contributed by atoms with E-state index in [0.29, 0.717) is 17.3 Å². The van der Waals surface area contributed by atoms with Crippen LogP contribution in [0, 0.1) is 5.82 Å². The smallest absolute Gasteiger partial charge is 0.125 e. The molecule has 0 radical (unpaired) electrons. The molecule has 0 fully saturated rings. The average Bonchev–Trinajstić information content (AvgIpc) is 2.32. The lowest BCUT2D eigenvalue weighted by atomic mass is 10.2. The molecule has 0 unspecified atom stereocenters. The molecule has 2 aromatic rings. The Bertz CT molecular complexity index is 557. The van der Waals surface area contributed by atoms with E-state index in [-0.39, 0.29) is 5.82 Å². The van der Waals surface area contributed by atoms with Crippen LogP contribution in [0.4, 0.5) is 15.8 Å². The van der Waals surface area contributed by atoms with Gasteiger partial charge in [-0.25, -0.2) is 4.39 Å². The van der Waals surface area contributed by atoms with E-state index in [2.05, 4.69) is 0 Å². The first-order valence-corrected chi connectivity index (χ1v) is 5.95. The number of rotatable bonds is 3. The fourth-order valence-electron chi connectivity index (χ4n) is 1.84. The van der Waals surface area contributed by atoms with Crippen molar-refractivity contribution in [1.29, 1.82) is 0 Å². The van der Waals surface area contributed by atoms with E-state index in [4.69, 9.17) is 17.3 Å². The second kappa shape index (κ2) is 5.27. The van der Waals surface area contributed by atoms with Crippen molar-refractivity contribution in [3.8, 4) is 0 Å². The highest BCUT2D eigenvalue weighted by Crippen LogP contribution is 2.25. The van der Waals surface area contributed by atoms with Gasteiger partial charge in [0.15, 0.2) is 0 Å². The molecule has 0 bridgehead atoms. The van der Waals surface area contributed by atoms with Crippen LogP contribution in [0.2, 0.25) is 5.02 Å². The van der Waals surface area contributed by atoms with Gasteiger partial charge in [-0.05, 0) is 29.8 Å². The summed E-state index contributed by atoms with van der Waals surface area (Å²) in [5.41, 5.74) is 8.01. The van der Waals surface area contributed by atoms with Gasteiger partial charge in [0, 0.05) is 18.6 Å². The molecular formula is C14H14ClFN2. The van der Waals surface area contributed by atoms with Crippen molar-refractivity contribution < 1.29 is 4.39 Å². The van der Waals surface area contributed by atoms with Gasteiger partial charge in [-0.2, -0.15) is 0 Å². The molecule has 0 heterocycles. The summed E-state index contributed by atoms with van der Waals surface area (Å²) in [4.78, 5) is 1.94. The van der Waals surface area contributed by atoms with Gasteiger partial charge in [0.05, 0.1) is 11.4 Å². The van der Waals surface area contributed by atoms with Crippen molar-refractivity contribution in [3.05, 3.63) is 58.9 Å². The molecule has 94 valence electrons. The molecule has 0 atom stereocenters. The topological polar surface area (TPSA) is 29.3 Å². The second-order valence-corrected chi connectivity index (χ2v) is 4.56. The highest BCUT2D eigenvalue weighted by atomic mass is 35.5. The van der Waals surface area contributed by atoms with E-state index >= 15 is 0 Å². The van der Waals surface area contributed by atoms with Crippen molar-refractivity contribution in [2.24, 2.45) is 0 Å². The summed E-state index contributed by atoms with van der Waals surface area (Å²) in [6.07, 6.45) is 0. The van der Waals surface area contributed by atoms with Gasteiger partial charge in [0.25, 0.3) is 0 Å². The van der Waals surface area contributed by atoms with Crippen molar-refractivity contribution in [2.45, 2.75) is 6.54 Å². The minimum absolute atomic E-state index is 0.331. The monoisotopic (exact) mass is 264 g/mol. The SMILES string of the molecule is CN(Cc1ccccc1Cl)c1ccc(F)cc1N. The first-order valence-electron chi connectivity index (χ1n) is 5.57. The Balaban J connectivity index is 2.22. The summed E-state index contributed by atoms with van der Waals surface area (Å²) >= 11 is 6.10. The first kappa shape index (κ1) is 12.7. The number of hydrogen-bond acceptors (Lipinski definition) is 2. The summed E-state index contributed by atoms with van der Waals surface area (Å²) in [7, 11) is 1.90. The summed E-state index contributed by atoms with van der Waals surface area (Å²) in [6, 6.07) is 12.0. The number of benzene rings is 2. The van der Waals surface area contributed by atoms with Crippen LogP contribution in [0.25, 0.3) is 0 Å². The molecule has 2 aromatic carbocycles. The quantitative estimate of drug-likeness (QED) is 0.857. The molecule has 0 amide bonds. The molecule has 2 rings (SSSR count). The number of nitrogens with two attached hydrogens (primary N) is 1. The standard InChI is InChI=1S/C14H14ClFN2/c1-18(9-10-4-2-3-5-12(10)15)14-7-6-11(16)8-13(14)17/h2-8H,9,17H2,1H3. The third-order valence-corrected chi connectivity index (χ3v) is 3.13. The molecule has 2 nitrogen and oxygen atoms in total. The lowest BCUT2D eigenvalue weighted by Gasteiger charge is -2.21. The maximum atomic E-state index is 13.0. The maximum absolute atomic E-state index is 13.0. The molecule has 18 heavy (non-hydrogen) atoms. The number of halogens is 2. The van der Waals surface area contributed by atoms with Crippen molar-refractivity contribution in [3.63, 3.8) is 0 Å². The minimum atomic E-state index is -0.331. The molecule has 0 aliphatic carbocycles. The summed E-state index contributed by atoms with van der Waals surface area (Å²) in [6.45, 7) is 0.621. The molecule has 0 saturated heterocycles. The van der Waals surface area contributed by atoms with E-state index < -0.39 is 0 Å². The summed E-state index contributed by atoms with van der Waals surface area (Å²) < 4.78 is 13.0. The Labute approximate surface area is 111 Å². The molecule has 0 spiro atoms. The summed E-state index contributed by atoms with van der Waals surface area (Å²) in [5.74, 6) is -0.331. The molecule has 0 aliphatic heterocycles. The van der Waals surface area contributed by atoms with E-state index in [1.807, 2.05) is 36.2 Å². The van der Waals surface area contributed by atoms with Gasteiger partial charge in [0.2, 0.25) is 0 Å². The number of nitrogen functional groups attached to an aromatic ring is 1. The van der Waals surface area contributed by atoms with Crippen LogP contribution in [0.5, 0.6) is 0 Å². The molecular weight excluding hydrogens is 251 g/mol. The van der Waals surface area contributed by atoms with E-state index in [0.717, 1.165) is 11.3 Å². The minimum Gasteiger partial charge on any atom is -0.397 e. The Kier molecular flexibility index (Phi) is 3.72. The van der Waals surface area contributed by atoms with Crippen LogP contribution in [0.15, 0.2) is 42.5 Å². The Hall–Kier alpha value is -1.74. The Morgan fingerprint density at radius 2 is 1.94 bits per heavy atom. The van der Waals surface area contributed by atoms with Gasteiger partial charge in [-0.1, -0.05) is 29.8 Å². The maximum Gasteiger partial charge on any atom is 0.125 e. The molecule has 4 heteroatoms. The number of anilines is 2. The van der Waals surface area contributed by atoms with Gasteiger partial charge in [-0.3, -0.25) is 0 Å². The normalized spacial score (nSPS) is 10.4. The average molecular weight is 265 g/mol. The lowest BCUT2D eigenvalue weighted by Crippen LogP contribution is -2.18. The molecule has 0 aliphatic rings. The van der Waals surface area contributed by atoms with Crippen molar-refractivity contribution >= 4 is 23.0 Å². The van der Waals surface area contributed by atoms with Crippen molar-refractivity contribution in [2.75, 3.05) is 17.7 Å². The third-order valence-electron chi connectivity index (χ3n) is 2.77. The Morgan fingerprint density at radius 3 is 2.61 bits per heavy atom. The van der Waals surface area contributed by atoms with Crippen molar-refractivity contribution in [1.82, 2.24) is 0 Å². The zero-order valence-corrected chi connectivity index (χ0v) is 10.8. The van der Waals surface area contributed by atoms with E-state index in [1.54, 1.807) is 6.07 Å². The van der Waals surface area contributed by atoms with Crippen LogP contribution in [-0.2, 0) is 6.54 Å². The lowest BCUT2D eigenvalue weighted by molar-refractivity contribution is 0.628. The highest BCUT2D eigenvalue weighted by Gasteiger charge is 2.08. The van der Waals surface area contributed by atoms with Gasteiger partial charge < -0.3 is 10.6 Å². The summed E-state index contributed by atoms with van der Waals surface area (Å²) in [5, 5.41) is 0.713. The second-order valence-electron chi connectivity index (χ2n) is 4.15. The van der Waals surface area contributed by atoms with Gasteiger partial charge in [0.1, 0.15) is 5.82 Å². The van der Waals surface area contributed by atoms with Crippen LogP contribution in [0.3, 0.4) is 0 Å². The Morgan fingerprint density at radius 1 is 1.22 bits per heavy atom. The largest absolute Gasteiger partial charge is 0.397 e. The molecule has 0 saturated carbocycles. The van der Waals surface area contributed by atoms with Crippen LogP contribution in [0.1, 0.15) is 5.56 Å². The number of nitrogens with zero attached hydrogens (tertiary/aromatic N) is 1. The zero-order chi connectivity index (χ0) is 13.1. The fourth-order valence-corrected chi connectivity index (χ4v) is 2.04. The molecule has 2 N–H and O–H groups in total. The van der Waals surface area contributed by atoms with Crippen LogP contribution >= 0.6 is 11.6 Å². The number of hydrogen-bond donors (Lipinski definition) is 1. The first-order chi connectivity index (χ1) is 8.58. The van der Waals surface area contributed by atoms with Gasteiger partial charge >= 0.3 is 0 Å². The fraction of sp³-hybridized carbons (Fsp3) is 0.143. The van der Waals surface area contributed by atoms with Gasteiger partial charge in [-0.15, -0.1) is 0 Å².